The monoisotopic (exact) mass is 337 g/mol. The number of nitrogens with zero attached hydrogens (tertiary/aromatic N) is 1. The molecule has 23 heavy (non-hydrogen) atoms. The fourth-order valence-corrected chi connectivity index (χ4v) is 3.04. The summed E-state index contributed by atoms with van der Waals surface area (Å²) in [4.78, 5) is 20.2. The first kappa shape index (κ1) is 16.1. The lowest BCUT2D eigenvalue weighted by Crippen LogP contribution is -2.30. The van der Waals surface area contributed by atoms with Gasteiger partial charge in [0.15, 0.2) is 4.77 Å². The Morgan fingerprint density at radius 2 is 2.26 bits per heavy atom. The summed E-state index contributed by atoms with van der Waals surface area (Å²) in [6.45, 7) is 6.02. The number of nitrogens with one attached hydrogen (secondary N) is 2. The number of carbonyl (C=O) groups is 1. The van der Waals surface area contributed by atoms with E-state index in [0.29, 0.717) is 47.0 Å². The van der Waals surface area contributed by atoms with Gasteiger partial charge in [-0.3, -0.25) is 4.79 Å². The fourth-order valence-electron chi connectivity index (χ4n) is 2.82. The summed E-state index contributed by atoms with van der Waals surface area (Å²) < 4.78 is 19.9. The molecular weight excluding hydrogens is 317 g/mol. The Morgan fingerprint density at radius 3 is 3.00 bits per heavy atom. The molecule has 1 aliphatic rings. The summed E-state index contributed by atoms with van der Waals surface area (Å²) in [5.74, 6) is -0.198. The van der Waals surface area contributed by atoms with E-state index in [-0.39, 0.29) is 12.0 Å². The molecule has 2 heterocycles. The van der Waals surface area contributed by atoms with Crippen molar-refractivity contribution >= 4 is 29.2 Å². The molecule has 1 fully saturated rings. The fraction of sp³-hybridized carbons (Fsp3) is 0.500. The van der Waals surface area contributed by atoms with E-state index >= 15 is 0 Å². The van der Waals surface area contributed by atoms with Gasteiger partial charge in [0.05, 0.1) is 22.7 Å². The lowest BCUT2D eigenvalue weighted by Gasteiger charge is -2.18. The van der Waals surface area contributed by atoms with E-state index in [4.69, 9.17) is 17.0 Å². The van der Waals surface area contributed by atoms with Gasteiger partial charge in [0.1, 0.15) is 5.82 Å². The zero-order chi connectivity index (χ0) is 16.6. The third kappa shape index (κ3) is 3.45. The Kier molecular flexibility index (Phi) is 4.50. The lowest BCUT2D eigenvalue weighted by molar-refractivity contribution is 0.0397. The number of hydrogen-bond donors (Lipinski definition) is 2. The van der Waals surface area contributed by atoms with Gasteiger partial charge in [0.2, 0.25) is 0 Å². The van der Waals surface area contributed by atoms with Gasteiger partial charge in [-0.25, -0.2) is 4.39 Å². The standard InChI is InChI=1S/C16H20FN3O2S/c1-9(2)8-22-11-3-4-20(7-11)15(21)12-5-10(17)6-13-14(12)19-16(23)18-13/h5-6,9,11H,3-4,7-8H2,1-2H3,(H2,18,19,23). The highest BCUT2D eigenvalue weighted by atomic mass is 32.1. The first-order valence-electron chi connectivity index (χ1n) is 7.76. The van der Waals surface area contributed by atoms with Crippen molar-refractivity contribution in [1.82, 2.24) is 14.9 Å². The molecule has 1 unspecified atom stereocenters. The molecule has 1 atom stereocenters. The molecule has 0 saturated carbocycles. The molecule has 124 valence electrons. The highest BCUT2D eigenvalue weighted by Gasteiger charge is 2.29. The average Bonchev–Trinajstić information content (AvgIpc) is 3.09. The van der Waals surface area contributed by atoms with Crippen molar-refractivity contribution in [2.45, 2.75) is 26.4 Å². The molecule has 2 N–H and O–H groups in total. The summed E-state index contributed by atoms with van der Waals surface area (Å²) in [5.41, 5.74) is 1.36. The summed E-state index contributed by atoms with van der Waals surface area (Å²) in [7, 11) is 0. The average molecular weight is 337 g/mol. The van der Waals surface area contributed by atoms with Crippen molar-refractivity contribution in [1.29, 1.82) is 0 Å². The van der Waals surface area contributed by atoms with Gasteiger partial charge in [-0.15, -0.1) is 0 Å². The van der Waals surface area contributed by atoms with E-state index in [1.54, 1.807) is 4.90 Å². The molecule has 2 aromatic rings. The number of aromatic nitrogens is 2. The minimum absolute atomic E-state index is 0.0510. The Hall–Kier alpha value is -1.73. The van der Waals surface area contributed by atoms with Crippen molar-refractivity contribution in [2.24, 2.45) is 5.92 Å². The van der Waals surface area contributed by atoms with Crippen LogP contribution in [0.5, 0.6) is 0 Å². The second-order valence-electron chi connectivity index (χ2n) is 6.34. The third-order valence-electron chi connectivity index (χ3n) is 3.92. The second-order valence-corrected chi connectivity index (χ2v) is 6.75. The zero-order valence-corrected chi connectivity index (χ0v) is 14.0. The molecule has 1 aromatic carbocycles. The Bertz CT molecular complexity index is 783. The number of amides is 1. The number of aromatic amines is 2. The summed E-state index contributed by atoms with van der Waals surface area (Å²) in [5, 5.41) is 0. The van der Waals surface area contributed by atoms with Crippen LogP contribution in [0.15, 0.2) is 12.1 Å². The summed E-state index contributed by atoms with van der Waals surface area (Å²) in [6.07, 6.45) is 0.857. The molecule has 1 aromatic heterocycles. The lowest BCUT2D eigenvalue weighted by atomic mass is 10.1. The largest absolute Gasteiger partial charge is 0.376 e. The van der Waals surface area contributed by atoms with Crippen LogP contribution in [0.4, 0.5) is 4.39 Å². The summed E-state index contributed by atoms with van der Waals surface area (Å²) in [6, 6.07) is 2.59. The van der Waals surface area contributed by atoms with Crippen LogP contribution in [0, 0.1) is 16.5 Å². The van der Waals surface area contributed by atoms with E-state index in [1.165, 1.54) is 12.1 Å². The molecule has 0 spiro atoms. The molecule has 1 amide bonds. The maximum Gasteiger partial charge on any atom is 0.256 e. The number of ether oxygens (including phenoxy) is 1. The van der Waals surface area contributed by atoms with Crippen LogP contribution in [0.2, 0.25) is 0 Å². The number of H-pyrrole nitrogens is 2. The van der Waals surface area contributed by atoms with Crippen molar-refractivity contribution in [3.05, 3.63) is 28.3 Å². The highest BCUT2D eigenvalue weighted by molar-refractivity contribution is 7.71. The number of imidazole rings is 1. The molecule has 0 radical (unpaired) electrons. The van der Waals surface area contributed by atoms with Crippen molar-refractivity contribution in [3.63, 3.8) is 0 Å². The number of halogens is 1. The number of carbonyl (C=O) groups excluding carboxylic acids is 1. The topological polar surface area (TPSA) is 61.1 Å². The first-order chi connectivity index (χ1) is 10.9. The molecule has 1 saturated heterocycles. The van der Waals surface area contributed by atoms with Gasteiger partial charge in [-0.2, -0.15) is 0 Å². The SMILES string of the molecule is CC(C)COC1CCN(C(=O)c2cc(F)cc3[nH]c(=S)[nH]c23)C1. The maximum absolute atomic E-state index is 13.8. The number of likely N-dealkylation sites (tertiary alicyclic amines) is 1. The Morgan fingerprint density at radius 1 is 1.48 bits per heavy atom. The predicted octanol–water partition coefficient (Wildman–Crippen LogP) is 3.25. The van der Waals surface area contributed by atoms with Gasteiger partial charge in [0.25, 0.3) is 5.91 Å². The van der Waals surface area contributed by atoms with E-state index in [1.807, 2.05) is 0 Å². The van der Waals surface area contributed by atoms with E-state index in [2.05, 4.69) is 23.8 Å². The first-order valence-corrected chi connectivity index (χ1v) is 8.17. The predicted molar refractivity (Wildman–Crippen MR) is 88.5 cm³/mol. The smallest absolute Gasteiger partial charge is 0.256 e. The number of rotatable bonds is 4. The van der Waals surface area contributed by atoms with Crippen LogP contribution in [0.3, 0.4) is 0 Å². The van der Waals surface area contributed by atoms with Crippen molar-refractivity contribution < 1.29 is 13.9 Å². The quantitative estimate of drug-likeness (QED) is 0.842. The molecule has 5 nitrogen and oxygen atoms in total. The zero-order valence-electron chi connectivity index (χ0n) is 13.2. The summed E-state index contributed by atoms with van der Waals surface area (Å²) >= 11 is 5.04. The van der Waals surface area contributed by atoms with Crippen LogP contribution in [-0.2, 0) is 4.74 Å². The number of fused-ring (bicyclic) bond motifs is 1. The Labute approximate surface area is 138 Å². The van der Waals surface area contributed by atoms with Crippen LogP contribution < -0.4 is 0 Å². The Balaban J connectivity index is 1.80. The normalized spacial score (nSPS) is 18.3. The maximum atomic E-state index is 13.8. The van der Waals surface area contributed by atoms with Crippen LogP contribution in [-0.4, -0.2) is 46.6 Å². The van der Waals surface area contributed by atoms with Gasteiger partial charge in [-0.05, 0) is 36.7 Å². The highest BCUT2D eigenvalue weighted by Crippen LogP contribution is 2.22. The molecule has 7 heteroatoms. The molecular formula is C16H20FN3O2S. The van der Waals surface area contributed by atoms with Gasteiger partial charge < -0.3 is 19.6 Å². The van der Waals surface area contributed by atoms with Gasteiger partial charge >= 0.3 is 0 Å². The van der Waals surface area contributed by atoms with Crippen molar-refractivity contribution in [3.8, 4) is 0 Å². The third-order valence-corrected chi connectivity index (χ3v) is 4.12. The van der Waals surface area contributed by atoms with E-state index in [9.17, 15) is 9.18 Å². The van der Waals surface area contributed by atoms with Crippen LogP contribution >= 0.6 is 12.2 Å². The van der Waals surface area contributed by atoms with Crippen molar-refractivity contribution in [2.75, 3.05) is 19.7 Å². The molecule has 0 bridgehead atoms. The van der Waals surface area contributed by atoms with Gasteiger partial charge in [0, 0.05) is 19.7 Å². The minimum Gasteiger partial charge on any atom is -0.376 e. The number of benzene rings is 1. The number of hydrogen-bond acceptors (Lipinski definition) is 3. The molecule has 3 rings (SSSR count). The van der Waals surface area contributed by atoms with Gasteiger partial charge in [-0.1, -0.05) is 13.8 Å². The van der Waals surface area contributed by atoms with Crippen LogP contribution in [0.25, 0.3) is 11.0 Å². The van der Waals surface area contributed by atoms with Crippen LogP contribution in [0.1, 0.15) is 30.6 Å². The molecule has 0 aliphatic carbocycles. The minimum atomic E-state index is -0.460. The second kappa shape index (κ2) is 6.41. The molecule has 1 aliphatic heterocycles. The van der Waals surface area contributed by atoms with E-state index < -0.39 is 5.82 Å². The van der Waals surface area contributed by atoms with E-state index in [0.717, 1.165) is 6.42 Å².